The first-order chi connectivity index (χ1) is 9.18. The van der Waals surface area contributed by atoms with Gasteiger partial charge in [0.1, 0.15) is 4.70 Å². The van der Waals surface area contributed by atoms with E-state index in [4.69, 9.17) is 12.2 Å². The molecule has 1 saturated carbocycles. The van der Waals surface area contributed by atoms with Gasteiger partial charge in [-0.2, -0.15) is 0 Å². The topological polar surface area (TPSA) is 37.8 Å². The fourth-order valence-electron chi connectivity index (χ4n) is 3.15. The number of nitrogens with zero attached hydrogens (tertiary/aromatic N) is 1. The van der Waals surface area contributed by atoms with Gasteiger partial charge < -0.3 is 4.98 Å². The first-order valence-corrected chi connectivity index (χ1v) is 8.19. The van der Waals surface area contributed by atoms with Gasteiger partial charge in [0.2, 0.25) is 0 Å². The summed E-state index contributed by atoms with van der Waals surface area (Å²) in [5.41, 5.74) is 0.943. The van der Waals surface area contributed by atoms with Crippen molar-refractivity contribution in [1.82, 2.24) is 9.55 Å². The molecule has 1 fully saturated rings. The van der Waals surface area contributed by atoms with Gasteiger partial charge >= 0.3 is 0 Å². The summed E-state index contributed by atoms with van der Waals surface area (Å²) in [7, 11) is 0. The Labute approximate surface area is 121 Å². The van der Waals surface area contributed by atoms with Crippen LogP contribution in [0.2, 0.25) is 0 Å². The Morgan fingerprint density at radius 3 is 2.89 bits per heavy atom. The van der Waals surface area contributed by atoms with Crippen molar-refractivity contribution in [1.29, 1.82) is 0 Å². The van der Waals surface area contributed by atoms with Crippen molar-refractivity contribution in [3.8, 4) is 0 Å². The molecule has 0 saturated heterocycles. The van der Waals surface area contributed by atoms with Gasteiger partial charge in [-0.05, 0) is 49.3 Å². The summed E-state index contributed by atoms with van der Waals surface area (Å²) in [6.07, 6.45) is 6.31. The lowest BCUT2D eigenvalue weighted by molar-refractivity contribution is 0.258. The maximum absolute atomic E-state index is 12.6. The van der Waals surface area contributed by atoms with Gasteiger partial charge in [0.05, 0.1) is 5.52 Å². The van der Waals surface area contributed by atoms with Crippen molar-refractivity contribution >= 4 is 33.8 Å². The molecule has 0 aromatic carbocycles. The summed E-state index contributed by atoms with van der Waals surface area (Å²) in [6.45, 7) is 2.14. The average molecular weight is 294 g/mol. The number of nitrogens with one attached hydrogen (secondary N) is 1. The van der Waals surface area contributed by atoms with Gasteiger partial charge in [-0.25, -0.2) is 0 Å². The molecule has 2 aromatic heterocycles. The summed E-state index contributed by atoms with van der Waals surface area (Å²) in [5.74, 6) is 0.582. The van der Waals surface area contributed by atoms with E-state index < -0.39 is 0 Å². The maximum Gasteiger partial charge on any atom is 0.272 e. The molecular weight excluding hydrogens is 276 g/mol. The number of aromatic amines is 1. The molecule has 1 N–H and O–H groups in total. The highest BCUT2D eigenvalue weighted by Crippen LogP contribution is 2.32. The molecule has 19 heavy (non-hydrogen) atoms. The van der Waals surface area contributed by atoms with Crippen molar-refractivity contribution in [2.45, 2.75) is 45.1 Å². The van der Waals surface area contributed by atoms with Crippen LogP contribution in [0.3, 0.4) is 0 Å². The van der Waals surface area contributed by atoms with Crippen molar-refractivity contribution in [3.05, 3.63) is 26.6 Å². The maximum atomic E-state index is 12.6. The Kier molecular flexibility index (Phi) is 3.58. The summed E-state index contributed by atoms with van der Waals surface area (Å²) in [5, 5.41) is 1.94. The minimum absolute atomic E-state index is 0.0758. The number of rotatable bonds is 2. The highest BCUT2D eigenvalue weighted by atomic mass is 32.1. The lowest BCUT2D eigenvalue weighted by atomic mass is 9.84. The van der Waals surface area contributed by atoms with Crippen molar-refractivity contribution < 1.29 is 0 Å². The van der Waals surface area contributed by atoms with Gasteiger partial charge in [-0.1, -0.05) is 19.3 Å². The molecule has 1 aliphatic carbocycles. The molecule has 2 aromatic rings. The predicted molar refractivity (Wildman–Crippen MR) is 82.6 cm³/mol. The van der Waals surface area contributed by atoms with E-state index in [9.17, 15) is 4.79 Å². The second-order valence-electron chi connectivity index (χ2n) is 5.41. The number of fused-ring (bicyclic) bond motifs is 1. The first-order valence-electron chi connectivity index (χ1n) is 6.90. The molecule has 1 unspecified atom stereocenters. The van der Waals surface area contributed by atoms with Crippen LogP contribution in [-0.4, -0.2) is 9.55 Å². The Morgan fingerprint density at radius 1 is 1.42 bits per heavy atom. The molecule has 102 valence electrons. The van der Waals surface area contributed by atoms with Crippen LogP contribution in [0, 0.1) is 10.7 Å². The van der Waals surface area contributed by atoms with E-state index >= 15 is 0 Å². The molecule has 0 amide bonds. The van der Waals surface area contributed by atoms with Crippen LogP contribution < -0.4 is 5.56 Å². The summed E-state index contributed by atoms with van der Waals surface area (Å²) < 4.78 is 3.15. The van der Waals surface area contributed by atoms with Crippen LogP contribution in [0.1, 0.15) is 45.1 Å². The van der Waals surface area contributed by atoms with E-state index in [-0.39, 0.29) is 11.6 Å². The molecule has 3 nitrogen and oxygen atoms in total. The van der Waals surface area contributed by atoms with E-state index in [1.165, 1.54) is 43.4 Å². The number of H-pyrrole nitrogens is 1. The van der Waals surface area contributed by atoms with Crippen LogP contribution in [0.25, 0.3) is 10.2 Å². The Hall–Kier alpha value is -0.940. The van der Waals surface area contributed by atoms with E-state index in [0.717, 1.165) is 10.2 Å². The van der Waals surface area contributed by atoms with Crippen LogP contribution >= 0.6 is 23.6 Å². The van der Waals surface area contributed by atoms with Gasteiger partial charge in [-0.15, -0.1) is 11.3 Å². The predicted octanol–water partition coefficient (Wildman–Crippen LogP) is 4.26. The SMILES string of the molecule is CC(C1CCCCC1)n1c(=S)[nH]c2ccsc2c1=O. The Bertz CT molecular complexity index is 691. The third kappa shape index (κ3) is 2.30. The van der Waals surface area contributed by atoms with Gasteiger partial charge in [0.25, 0.3) is 5.56 Å². The summed E-state index contributed by atoms with van der Waals surface area (Å²) in [6, 6.07) is 2.12. The minimum atomic E-state index is 0.0758. The molecule has 0 aliphatic heterocycles. The lowest BCUT2D eigenvalue weighted by Crippen LogP contribution is -2.30. The normalized spacial score (nSPS) is 18.8. The van der Waals surface area contributed by atoms with E-state index in [1.807, 2.05) is 11.4 Å². The Morgan fingerprint density at radius 2 is 2.16 bits per heavy atom. The molecule has 2 heterocycles. The monoisotopic (exact) mass is 294 g/mol. The fourth-order valence-corrected chi connectivity index (χ4v) is 4.29. The van der Waals surface area contributed by atoms with Gasteiger partial charge in [-0.3, -0.25) is 9.36 Å². The standard InChI is InChI=1S/C14H18N2OS2/c1-9(10-5-3-2-4-6-10)16-13(17)12-11(7-8-19-12)15-14(16)18/h7-10H,2-6H2,1H3,(H,15,18). The highest BCUT2D eigenvalue weighted by Gasteiger charge is 2.23. The van der Waals surface area contributed by atoms with Crippen molar-refractivity contribution in [2.75, 3.05) is 0 Å². The molecule has 0 spiro atoms. The third-order valence-corrected chi connectivity index (χ3v) is 5.48. The third-order valence-electron chi connectivity index (χ3n) is 4.28. The molecule has 1 atom stereocenters. The zero-order valence-corrected chi connectivity index (χ0v) is 12.6. The van der Waals surface area contributed by atoms with Crippen LogP contribution in [0.15, 0.2) is 16.2 Å². The molecule has 0 bridgehead atoms. The highest BCUT2D eigenvalue weighted by molar-refractivity contribution is 7.71. The first kappa shape index (κ1) is 13.1. The van der Waals surface area contributed by atoms with Gasteiger partial charge in [0, 0.05) is 6.04 Å². The average Bonchev–Trinajstić information content (AvgIpc) is 2.88. The van der Waals surface area contributed by atoms with Gasteiger partial charge in [0.15, 0.2) is 4.77 Å². The summed E-state index contributed by atoms with van der Waals surface area (Å²) >= 11 is 6.88. The number of hydrogen-bond donors (Lipinski definition) is 1. The largest absolute Gasteiger partial charge is 0.331 e. The fraction of sp³-hybridized carbons (Fsp3) is 0.571. The molecule has 0 radical (unpaired) electrons. The van der Waals surface area contributed by atoms with Crippen molar-refractivity contribution in [2.24, 2.45) is 5.92 Å². The second kappa shape index (κ2) is 5.21. The molecule has 1 aliphatic rings. The molecule has 3 rings (SSSR count). The van der Waals surface area contributed by atoms with Crippen molar-refractivity contribution in [3.63, 3.8) is 0 Å². The zero-order valence-electron chi connectivity index (χ0n) is 11.0. The van der Waals surface area contributed by atoms with Crippen LogP contribution in [0.5, 0.6) is 0 Å². The molecule has 5 heteroatoms. The lowest BCUT2D eigenvalue weighted by Gasteiger charge is -2.28. The number of aromatic nitrogens is 2. The Balaban J connectivity index is 2.08. The second-order valence-corrected chi connectivity index (χ2v) is 6.71. The van der Waals surface area contributed by atoms with Crippen LogP contribution in [0.4, 0.5) is 0 Å². The zero-order chi connectivity index (χ0) is 13.4. The smallest absolute Gasteiger partial charge is 0.272 e. The van der Waals surface area contributed by atoms with E-state index in [0.29, 0.717) is 10.7 Å². The summed E-state index contributed by atoms with van der Waals surface area (Å²) in [4.78, 5) is 15.8. The van der Waals surface area contributed by atoms with E-state index in [2.05, 4.69) is 11.9 Å². The quantitative estimate of drug-likeness (QED) is 0.840. The van der Waals surface area contributed by atoms with E-state index in [1.54, 1.807) is 4.57 Å². The number of thiophene rings is 1. The number of hydrogen-bond acceptors (Lipinski definition) is 3. The molecular formula is C14H18N2OS2. The van der Waals surface area contributed by atoms with Crippen LogP contribution in [-0.2, 0) is 0 Å². The minimum Gasteiger partial charge on any atom is -0.331 e.